The van der Waals surface area contributed by atoms with E-state index in [0.717, 1.165) is 22.2 Å². The van der Waals surface area contributed by atoms with E-state index in [1.807, 2.05) is 29.8 Å². The monoisotopic (exact) mass is 303 g/mol. The van der Waals surface area contributed by atoms with Crippen LogP contribution < -0.4 is 5.32 Å². The molecule has 0 aliphatic heterocycles. The summed E-state index contributed by atoms with van der Waals surface area (Å²) >= 11 is 1.44. The number of aryl methyl sites for hydroxylation is 1. The molecule has 0 saturated heterocycles. The smallest absolute Gasteiger partial charge is 0.195 e. The van der Waals surface area contributed by atoms with Crippen molar-refractivity contribution in [1.82, 2.24) is 20.1 Å². The van der Waals surface area contributed by atoms with Crippen LogP contribution in [-0.2, 0) is 18.3 Å². The van der Waals surface area contributed by atoms with E-state index >= 15 is 0 Å². The van der Waals surface area contributed by atoms with Crippen LogP contribution in [-0.4, -0.2) is 35.0 Å². The molecule has 0 bridgehead atoms. The number of methoxy groups -OCH3 is 1. The van der Waals surface area contributed by atoms with Crippen molar-refractivity contribution in [3.63, 3.8) is 0 Å². The number of nitrogens with one attached hydrogen (secondary N) is 1. The van der Waals surface area contributed by atoms with Crippen molar-refractivity contribution in [3.8, 4) is 6.07 Å². The number of aromatic nitrogens is 3. The van der Waals surface area contributed by atoms with Gasteiger partial charge in [0.05, 0.1) is 12.2 Å². The molecule has 0 fully saturated rings. The van der Waals surface area contributed by atoms with Gasteiger partial charge in [0.15, 0.2) is 5.16 Å². The van der Waals surface area contributed by atoms with Gasteiger partial charge in [-0.25, -0.2) is 0 Å². The first-order valence-electron chi connectivity index (χ1n) is 6.49. The Labute approximate surface area is 128 Å². The highest BCUT2D eigenvalue weighted by Crippen LogP contribution is 2.28. The lowest BCUT2D eigenvalue weighted by molar-refractivity contribution is 0.199. The maximum absolute atomic E-state index is 9.30. The quantitative estimate of drug-likeness (QED) is 0.783. The first kappa shape index (κ1) is 15.5. The summed E-state index contributed by atoms with van der Waals surface area (Å²) in [5.74, 6) is 0. The van der Waals surface area contributed by atoms with Crippen molar-refractivity contribution >= 4 is 11.8 Å². The molecule has 0 amide bonds. The Morgan fingerprint density at radius 3 is 3.00 bits per heavy atom. The molecule has 0 spiro atoms. The van der Waals surface area contributed by atoms with Crippen molar-refractivity contribution in [2.45, 2.75) is 16.6 Å². The van der Waals surface area contributed by atoms with E-state index in [1.54, 1.807) is 13.4 Å². The third-order valence-corrected chi connectivity index (χ3v) is 3.98. The van der Waals surface area contributed by atoms with Crippen molar-refractivity contribution in [2.75, 3.05) is 20.3 Å². The van der Waals surface area contributed by atoms with Gasteiger partial charge in [-0.15, -0.1) is 10.2 Å². The summed E-state index contributed by atoms with van der Waals surface area (Å²) in [4.78, 5) is 0.884. The lowest BCUT2D eigenvalue weighted by Crippen LogP contribution is -2.18. The molecule has 0 aliphatic carbocycles. The van der Waals surface area contributed by atoms with E-state index in [0.29, 0.717) is 18.7 Å². The Balaban J connectivity index is 2.06. The van der Waals surface area contributed by atoms with Gasteiger partial charge in [0.1, 0.15) is 12.4 Å². The lowest BCUT2D eigenvalue weighted by Gasteiger charge is -2.07. The van der Waals surface area contributed by atoms with Gasteiger partial charge in [-0.2, -0.15) is 5.26 Å². The third-order valence-electron chi connectivity index (χ3n) is 2.85. The number of hydrogen-bond acceptors (Lipinski definition) is 6. The minimum Gasteiger partial charge on any atom is -0.383 e. The van der Waals surface area contributed by atoms with Crippen LogP contribution in [0.4, 0.5) is 0 Å². The van der Waals surface area contributed by atoms with Gasteiger partial charge in [0, 0.05) is 32.1 Å². The van der Waals surface area contributed by atoms with Gasteiger partial charge in [0.2, 0.25) is 0 Å². The summed E-state index contributed by atoms with van der Waals surface area (Å²) in [5.41, 5.74) is 1.72. The molecule has 0 aliphatic rings. The molecule has 1 N–H and O–H groups in total. The van der Waals surface area contributed by atoms with Crippen LogP contribution in [0, 0.1) is 11.3 Å². The highest BCUT2D eigenvalue weighted by Gasteiger charge is 2.09. The van der Waals surface area contributed by atoms with Crippen molar-refractivity contribution in [1.29, 1.82) is 5.26 Å². The van der Waals surface area contributed by atoms with Gasteiger partial charge < -0.3 is 14.6 Å². The Hall–Kier alpha value is -1.88. The summed E-state index contributed by atoms with van der Waals surface area (Å²) in [7, 11) is 3.55. The van der Waals surface area contributed by atoms with Crippen LogP contribution >= 0.6 is 11.8 Å². The summed E-state index contributed by atoms with van der Waals surface area (Å²) in [6, 6.07) is 8.10. The zero-order chi connectivity index (χ0) is 15.1. The predicted octanol–water partition coefficient (Wildman–Crippen LogP) is 1.57. The Bertz CT molecular complexity index is 635. The second kappa shape index (κ2) is 7.78. The number of nitrogens with zero attached hydrogens (tertiary/aromatic N) is 4. The average Bonchev–Trinajstić information content (AvgIpc) is 2.90. The van der Waals surface area contributed by atoms with Gasteiger partial charge in [0.25, 0.3) is 0 Å². The fraction of sp³-hybridized carbons (Fsp3) is 0.357. The molecular formula is C14H17N5OS. The summed E-state index contributed by atoms with van der Waals surface area (Å²) < 4.78 is 6.81. The van der Waals surface area contributed by atoms with Gasteiger partial charge in [-0.1, -0.05) is 6.07 Å². The second-order valence-electron chi connectivity index (χ2n) is 4.44. The first-order chi connectivity index (χ1) is 10.2. The molecule has 21 heavy (non-hydrogen) atoms. The normalized spacial score (nSPS) is 10.5. The molecule has 0 saturated carbocycles. The van der Waals surface area contributed by atoms with Crippen molar-refractivity contribution in [2.24, 2.45) is 7.05 Å². The average molecular weight is 303 g/mol. The minimum atomic E-state index is 0.647. The summed E-state index contributed by atoms with van der Waals surface area (Å²) in [6.45, 7) is 2.17. The van der Waals surface area contributed by atoms with Crippen molar-refractivity contribution < 1.29 is 4.74 Å². The third kappa shape index (κ3) is 4.29. The second-order valence-corrected chi connectivity index (χ2v) is 5.45. The Kier molecular flexibility index (Phi) is 5.75. The number of ether oxygens (including phenoxy) is 1. The summed E-state index contributed by atoms with van der Waals surface area (Å²) in [5, 5.41) is 21.2. The topological polar surface area (TPSA) is 75.8 Å². The maximum Gasteiger partial charge on any atom is 0.195 e. The van der Waals surface area contributed by atoms with Gasteiger partial charge in [-0.3, -0.25) is 0 Å². The standard InChI is InChI=1S/C14H17N5OS/c1-19-10-17-18-14(19)21-13-4-3-11(7-12(13)8-15)9-16-5-6-20-2/h3-4,7,10,16H,5-6,9H2,1-2H3. The van der Waals surface area contributed by atoms with E-state index in [2.05, 4.69) is 21.6 Å². The fourth-order valence-corrected chi connectivity index (χ4v) is 2.56. The molecule has 0 unspecified atom stereocenters. The minimum absolute atomic E-state index is 0.647. The van der Waals surface area contributed by atoms with E-state index in [1.165, 1.54) is 11.8 Å². The summed E-state index contributed by atoms with van der Waals surface area (Å²) in [6.07, 6.45) is 1.64. The Morgan fingerprint density at radius 1 is 1.48 bits per heavy atom. The highest BCUT2D eigenvalue weighted by molar-refractivity contribution is 7.99. The first-order valence-corrected chi connectivity index (χ1v) is 7.30. The number of hydrogen-bond donors (Lipinski definition) is 1. The van der Waals surface area contributed by atoms with Crippen LogP contribution in [0.3, 0.4) is 0 Å². The van der Waals surface area contributed by atoms with Gasteiger partial charge in [-0.05, 0) is 29.5 Å². The number of nitriles is 1. The van der Waals surface area contributed by atoms with E-state index < -0.39 is 0 Å². The van der Waals surface area contributed by atoms with Gasteiger partial charge >= 0.3 is 0 Å². The van der Waals surface area contributed by atoms with Crippen LogP contribution in [0.2, 0.25) is 0 Å². The van der Waals surface area contributed by atoms with Crippen LogP contribution in [0.25, 0.3) is 0 Å². The Morgan fingerprint density at radius 2 is 2.33 bits per heavy atom. The SMILES string of the molecule is COCCNCc1ccc(Sc2nncn2C)c(C#N)c1. The molecule has 0 atom stereocenters. The number of rotatable bonds is 7. The molecule has 6 nitrogen and oxygen atoms in total. The zero-order valence-corrected chi connectivity index (χ0v) is 12.9. The van der Waals surface area contributed by atoms with Crippen LogP contribution in [0.15, 0.2) is 34.6 Å². The molecule has 1 heterocycles. The van der Waals surface area contributed by atoms with Crippen LogP contribution in [0.5, 0.6) is 0 Å². The molecule has 2 rings (SSSR count). The van der Waals surface area contributed by atoms with E-state index in [-0.39, 0.29) is 0 Å². The van der Waals surface area contributed by atoms with E-state index in [9.17, 15) is 5.26 Å². The van der Waals surface area contributed by atoms with Crippen LogP contribution in [0.1, 0.15) is 11.1 Å². The van der Waals surface area contributed by atoms with Crippen molar-refractivity contribution in [3.05, 3.63) is 35.7 Å². The molecule has 1 aromatic heterocycles. The van der Waals surface area contributed by atoms with E-state index in [4.69, 9.17) is 4.74 Å². The zero-order valence-electron chi connectivity index (χ0n) is 12.0. The fourth-order valence-electron chi connectivity index (χ4n) is 1.73. The largest absolute Gasteiger partial charge is 0.383 e. The highest BCUT2D eigenvalue weighted by atomic mass is 32.2. The molecule has 110 valence electrons. The molecule has 2 aromatic rings. The number of benzene rings is 1. The molecule has 7 heteroatoms. The molecule has 1 aromatic carbocycles. The maximum atomic E-state index is 9.30. The lowest BCUT2D eigenvalue weighted by atomic mass is 10.1. The molecular weight excluding hydrogens is 286 g/mol. The predicted molar refractivity (Wildman–Crippen MR) is 79.9 cm³/mol. The molecule has 0 radical (unpaired) electrons.